The summed E-state index contributed by atoms with van der Waals surface area (Å²) in [6, 6.07) is 11.0. The maximum absolute atomic E-state index is 11.9. The third-order valence-electron chi connectivity index (χ3n) is 3.43. The summed E-state index contributed by atoms with van der Waals surface area (Å²) in [4.78, 5) is 22.5. The first-order valence-corrected chi connectivity index (χ1v) is 6.26. The molecule has 3 aromatic rings. The van der Waals surface area contributed by atoms with Crippen LogP contribution in [-0.4, -0.2) is 10.9 Å². The van der Waals surface area contributed by atoms with Crippen molar-refractivity contribution in [2.24, 2.45) is 7.05 Å². The van der Waals surface area contributed by atoms with Crippen molar-refractivity contribution >= 4 is 17.2 Å². The number of furan rings is 1. The largest absolute Gasteiger partial charge is 0.453 e. The zero-order chi connectivity index (χ0) is 14.3. The van der Waals surface area contributed by atoms with E-state index < -0.39 is 0 Å². The van der Waals surface area contributed by atoms with Crippen LogP contribution >= 0.6 is 0 Å². The molecule has 0 unspecified atom stereocenters. The number of aryl methyl sites for hydroxylation is 2. The molecule has 0 amide bonds. The van der Waals surface area contributed by atoms with E-state index in [1.54, 1.807) is 30.7 Å². The van der Waals surface area contributed by atoms with E-state index in [4.69, 9.17) is 4.42 Å². The van der Waals surface area contributed by atoms with Crippen LogP contribution in [0.25, 0.3) is 22.2 Å². The highest BCUT2D eigenvalue weighted by atomic mass is 16.3. The number of fused-ring (bicyclic) bond motifs is 1. The van der Waals surface area contributed by atoms with E-state index in [0.717, 1.165) is 16.5 Å². The van der Waals surface area contributed by atoms with Gasteiger partial charge < -0.3 is 8.98 Å². The SMILES string of the molecule is Cc1cc2cc(-c3ccc(C=O)o3)ccc2n(C)c1=O. The molecule has 20 heavy (non-hydrogen) atoms. The summed E-state index contributed by atoms with van der Waals surface area (Å²) in [6.45, 7) is 1.80. The number of pyridine rings is 1. The average Bonchev–Trinajstić information content (AvgIpc) is 2.93. The Morgan fingerprint density at radius 1 is 1.15 bits per heavy atom. The van der Waals surface area contributed by atoms with Gasteiger partial charge in [0.2, 0.25) is 0 Å². The molecule has 1 aromatic carbocycles. The lowest BCUT2D eigenvalue weighted by molar-refractivity contribution is 0.110. The highest BCUT2D eigenvalue weighted by molar-refractivity contribution is 5.85. The fraction of sp³-hybridized carbons (Fsp3) is 0.125. The number of carbonyl (C=O) groups is 1. The fourth-order valence-corrected chi connectivity index (χ4v) is 2.37. The average molecular weight is 267 g/mol. The molecule has 0 aliphatic carbocycles. The first kappa shape index (κ1) is 12.4. The Morgan fingerprint density at radius 3 is 2.65 bits per heavy atom. The van der Waals surface area contributed by atoms with Crippen LogP contribution in [0.1, 0.15) is 16.1 Å². The van der Waals surface area contributed by atoms with E-state index in [0.29, 0.717) is 23.4 Å². The molecule has 100 valence electrons. The number of benzene rings is 1. The van der Waals surface area contributed by atoms with E-state index >= 15 is 0 Å². The standard InChI is InChI=1S/C16H13NO3/c1-10-7-12-8-11(15-6-4-13(9-18)20-15)3-5-14(12)17(2)16(10)19/h3-9H,1-2H3. The van der Waals surface area contributed by atoms with Gasteiger partial charge in [0.05, 0.1) is 5.52 Å². The number of carbonyl (C=O) groups excluding carboxylic acids is 1. The van der Waals surface area contributed by atoms with Gasteiger partial charge in [0, 0.05) is 18.2 Å². The second-order valence-electron chi connectivity index (χ2n) is 4.78. The van der Waals surface area contributed by atoms with Gasteiger partial charge in [-0.2, -0.15) is 0 Å². The van der Waals surface area contributed by atoms with Crippen molar-refractivity contribution in [1.82, 2.24) is 4.57 Å². The number of aldehydes is 1. The minimum atomic E-state index is 0.00601. The van der Waals surface area contributed by atoms with Gasteiger partial charge in [0.1, 0.15) is 5.76 Å². The zero-order valence-corrected chi connectivity index (χ0v) is 11.2. The first-order chi connectivity index (χ1) is 9.60. The van der Waals surface area contributed by atoms with Gasteiger partial charge in [0.15, 0.2) is 12.0 Å². The Balaban J connectivity index is 2.22. The summed E-state index contributed by atoms with van der Waals surface area (Å²) in [7, 11) is 1.76. The van der Waals surface area contributed by atoms with Gasteiger partial charge in [-0.05, 0) is 48.7 Å². The Labute approximate surface area is 115 Å². The minimum absolute atomic E-state index is 0.00601. The Kier molecular flexibility index (Phi) is 2.79. The highest BCUT2D eigenvalue weighted by Gasteiger charge is 2.08. The highest BCUT2D eigenvalue weighted by Crippen LogP contribution is 2.25. The molecule has 0 aliphatic rings. The Hall–Kier alpha value is -2.62. The number of hydrogen-bond acceptors (Lipinski definition) is 3. The molecular weight excluding hydrogens is 254 g/mol. The second-order valence-corrected chi connectivity index (χ2v) is 4.78. The molecule has 0 saturated carbocycles. The van der Waals surface area contributed by atoms with Crippen LogP contribution in [0.4, 0.5) is 0 Å². The van der Waals surface area contributed by atoms with Gasteiger partial charge >= 0.3 is 0 Å². The van der Waals surface area contributed by atoms with Gasteiger partial charge in [-0.25, -0.2) is 0 Å². The van der Waals surface area contributed by atoms with E-state index in [1.165, 1.54) is 0 Å². The predicted molar refractivity (Wildman–Crippen MR) is 77.0 cm³/mol. The number of rotatable bonds is 2. The van der Waals surface area contributed by atoms with Crippen LogP contribution in [0.15, 0.2) is 45.6 Å². The third kappa shape index (κ3) is 1.86. The third-order valence-corrected chi connectivity index (χ3v) is 3.43. The topological polar surface area (TPSA) is 52.2 Å². The summed E-state index contributed by atoms with van der Waals surface area (Å²) in [5, 5.41) is 0.964. The smallest absolute Gasteiger partial charge is 0.253 e. The maximum Gasteiger partial charge on any atom is 0.253 e. The molecule has 3 rings (SSSR count). The molecule has 2 aromatic heterocycles. The zero-order valence-electron chi connectivity index (χ0n) is 11.2. The normalized spacial score (nSPS) is 10.9. The summed E-state index contributed by atoms with van der Waals surface area (Å²) >= 11 is 0. The number of aromatic nitrogens is 1. The van der Waals surface area contributed by atoms with E-state index in [2.05, 4.69) is 0 Å². The lowest BCUT2D eigenvalue weighted by atomic mass is 10.1. The quantitative estimate of drug-likeness (QED) is 0.671. The van der Waals surface area contributed by atoms with E-state index in [1.807, 2.05) is 24.3 Å². The van der Waals surface area contributed by atoms with Gasteiger partial charge in [0.25, 0.3) is 5.56 Å². The Morgan fingerprint density at radius 2 is 1.95 bits per heavy atom. The molecule has 4 heteroatoms. The predicted octanol–water partition coefficient (Wildman–Crippen LogP) is 2.92. The Bertz CT molecular complexity index is 871. The molecule has 0 atom stereocenters. The van der Waals surface area contributed by atoms with Crippen molar-refractivity contribution in [2.75, 3.05) is 0 Å². The molecule has 4 nitrogen and oxygen atoms in total. The molecule has 2 heterocycles. The summed E-state index contributed by atoms with van der Waals surface area (Å²) in [6.07, 6.45) is 0.679. The van der Waals surface area contributed by atoms with Crippen molar-refractivity contribution < 1.29 is 9.21 Å². The van der Waals surface area contributed by atoms with Crippen LogP contribution < -0.4 is 5.56 Å². The number of hydrogen-bond donors (Lipinski definition) is 0. The van der Waals surface area contributed by atoms with Crippen LogP contribution in [0.3, 0.4) is 0 Å². The van der Waals surface area contributed by atoms with Crippen molar-refractivity contribution in [2.45, 2.75) is 6.92 Å². The van der Waals surface area contributed by atoms with Crippen molar-refractivity contribution in [3.63, 3.8) is 0 Å². The fourth-order valence-electron chi connectivity index (χ4n) is 2.37. The monoisotopic (exact) mass is 267 g/mol. The second kappa shape index (κ2) is 4.49. The van der Waals surface area contributed by atoms with Gasteiger partial charge in [-0.15, -0.1) is 0 Å². The molecule has 0 N–H and O–H groups in total. The first-order valence-electron chi connectivity index (χ1n) is 6.26. The van der Waals surface area contributed by atoms with Crippen LogP contribution in [-0.2, 0) is 7.05 Å². The van der Waals surface area contributed by atoms with Crippen LogP contribution in [0, 0.1) is 6.92 Å². The molecule has 0 radical (unpaired) electrons. The molecule has 0 saturated heterocycles. The maximum atomic E-state index is 11.9. The van der Waals surface area contributed by atoms with Crippen molar-refractivity contribution in [3.8, 4) is 11.3 Å². The lowest BCUT2D eigenvalue weighted by Gasteiger charge is -2.07. The molecule has 0 spiro atoms. The van der Waals surface area contributed by atoms with E-state index in [9.17, 15) is 9.59 Å². The molecule has 0 fully saturated rings. The minimum Gasteiger partial charge on any atom is -0.453 e. The molecule has 0 bridgehead atoms. The summed E-state index contributed by atoms with van der Waals surface area (Å²) in [5.41, 5.74) is 2.45. The van der Waals surface area contributed by atoms with Crippen LogP contribution in [0.2, 0.25) is 0 Å². The lowest BCUT2D eigenvalue weighted by Crippen LogP contribution is -2.18. The molecular formula is C16H13NO3. The van der Waals surface area contributed by atoms with Gasteiger partial charge in [-0.1, -0.05) is 0 Å². The van der Waals surface area contributed by atoms with Crippen molar-refractivity contribution in [1.29, 1.82) is 0 Å². The van der Waals surface area contributed by atoms with Gasteiger partial charge in [-0.3, -0.25) is 9.59 Å². The summed E-state index contributed by atoms with van der Waals surface area (Å²) < 4.78 is 7.05. The van der Waals surface area contributed by atoms with Crippen LogP contribution in [0.5, 0.6) is 0 Å². The molecule has 0 aliphatic heterocycles. The number of nitrogens with zero attached hydrogens (tertiary/aromatic N) is 1. The van der Waals surface area contributed by atoms with Crippen molar-refractivity contribution in [3.05, 3.63) is 58.1 Å². The summed E-state index contributed by atoms with van der Waals surface area (Å²) in [5.74, 6) is 0.942. The van der Waals surface area contributed by atoms with E-state index in [-0.39, 0.29) is 5.56 Å².